The van der Waals surface area contributed by atoms with Gasteiger partial charge in [-0.15, -0.1) is 0 Å². The van der Waals surface area contributed by atoms with Gasteiger partial charge in [0.1, 0.15) is 10.3 Å². The van der Waals surface area contributed by atoms with Gasteiger partial charge in [0.2, 0.25) is 0 Å². The molecule has 0 fully saturated rings. The van der Waals surface area contributed by atoms with Gasteiger partial charge in [-0.2, -0.15) is 0 Å². The minimum Gasteiger partial charge on any atom is -0.465 e. The molecule has 0 spiro atoms. The number of nitrogens with two attached hydrogens (primary N) is 1. The summed E-state index contributed by atoms with van der Waals surface area (Å²) in [7, 11) is 0. The highest BCUT2D eigenvalue weighted by atomic mass is 35.5. The summed E-state index contributed by atoms with van der Waals surface area (Å²) in [5.74, 6) is -2.92. The maximum Gasteiger partial charge on any atom is 0.322 e. The van der Waals surface area contributed by atoms with E-state index in [0.717, 1.165) is 23.2 Å². The third kappa shape index (κ3) is 4.40. The lowest BCUT2D eigenvalue weighted by molar-refractivity contribution is -0.147. The summed E-state index contributed by atoms with van der Waals surface area (Å²) in [6.45, 7) is 6.92. The highest BCUT2D eigenvalue weighted by Gasteiger charge is 2.55. The first kappa shape index (κ1) is 25.1. The summed E-state index contributed by atoms with van der Waals surface area (Å²) in [4.78, 5) is 25.9. The van der Waals surface area contributed by atoms with Crippen LogP contribution in [0.4, 0.5) is 20.3 Å². The van der Waals surface area contributed by atoms with E-state index in [-0.39, 0.29) is 23.0 Å². The van der Waals surface area contributed by atoms with Crippen LogP contribution in [0.5, 0.6) is 0 Å². The number of ether oxygens (including phenoxy) is 1. The first-order valence-electron chi connectivity index (χ1n) is 10.9. The molecule has 3 aromatic rings. The van der Waals surface area contributed by atoms with Crippen molar-refractivity contribution in [1.82, 2.24) is 9.97 Å². The Morgan fingerprint density at radius 3 is 2.74 bits per heavy atom. The van der Waals surface area contributed by atoms with Gasteiger partial charge >= 0.3 is 5.97 Å². The Morgan fingerprint density at radius 1 is 1.29 bits per heavy atom. The zero-order chi connectivity index (χ0) is 25.5. The zero-order valence-electron chi connectivity index (χ0n) is 19.5. The van der Waals surface area contributed by atoms with Crippen molar-refractivity contribution in [2.24, 2.45) is 16.6 Å². The molecule has 0 radical (unpaired) electrons. The molecule has 0 amide bonds. The van der Waals surface area contributed by atoms with Crippen LogP contribution in [0, 0.1) is 17.6 Å². The molecule has 1 aliphatic heterocycles. The Kier molecular flexibility index (Phi) is 6.63. The van der Waals surface area contributed by atoms with E-state index in [9.17, 15) is 9.18 Å². The lowest BCUT2D eigenvalue weighted by Gasteiger charge is -2.45. The fourth-order valence-corrected chi connectivity index (χ4v) is 5.65. The minimum atomic E-state index is -1.36. The van der Waals surface area contributed by atoms with E-state index in [2.05, 4.69) is 20.3 Å². The molecule has 4 rings (SSSR count). The van der Waals surface area contributed by atoms with Crippen molar-refractivity contribution >= 4 is 56.9 Å². The van der Waals surface area contributed by atoms with Gasteiger partial charge in [-0.25, -0.2) is 13.8 Å². The van der Waals surface area contributed by atoms with E-state index in [1.54, 1.807) is 46.0 Å². The van der Waals surface area contributed by atoms with Gasteiger partial charge in [0.15, 0.2) is 22.6 Å². The highest BCUT2D eigenvalue weighted by molar-refractivity contribution is 8.15. The molecule has 0 unspecified atom stereocenters. The van der Waals surface area contributed by atoms with Gasteiger partial charge in [-0.05, 0) is 39.0 Å². The van der Waals surface area contributed by atoms with E-state index < -0.39 is 33.8 Å². The number of aliphatic imine (C=N–C) groups is 1. The molecular formula is C24H24ClF2N5O2S. The molecule has 184 valence electrons. The zero-order valence-corrected chi connectivity index (χ0v) is 21.1. The Morgan fingerprint density at radius 2 is 2.03 bits per heavy atom. The van der Waals surface area contributed by atoms with Crippen molar-refractivity contribution < 1.29 is 18.3 Å². The average molecular weight is 520 g/mol. The number of hydrogen-bond acceptors (Lipinski definition) is 8. The molecule has 3 N–H and O–H groups in total. The van der Waals surface area contributed by atoms with E-state index in [4.69, 9.17) is 22.1 Å². The van der Waals surface area contributed by atoms with Crippen LogP contribution in [0.3, 0.4) is 0 Å². The molecule has 11 heteroatoms. The number of anilines is 2. The highest BCUT2D eigenvalue weighted by Crippen LogP contribution is 2.51. The van der Waals surface area contributed by atoms with Crippen molar-refractivity contribution in [1.29, 1.82) is 0 Å². The average Bonchev–Trinajstić information content (AvgIpc) is 2.79. The summed E-state index contributed by atoms with van der Waals surface area (Å²) in [6.07, 6.45) is 3.03. The van der Waals surface area contributed by atoms with E-state index in [1.807, 2.05) is 0 Å². The van der Waals surface area contributed by atoms with E-state index in [1.165, 1.54) is 12.3 Å². The van der Waals surface area contributed by atoms with Crippen LogP contribution in [0.25, 0.3) is 10.9 Å². The Hall–Kier alpha value is -2.98. The number of halogens is 3. The van der Waals surface area contributed by atoms with Crippen LogP contribution < -0.4 is 11.1 Å². The van der Waals surface area contributed by atoms with Gasteiger partial charge in [0.05, 0.1) is 17.2 Å². The van der Waals surface area contributed by atoms with Crippen LogP contribution in [0.2, 0.25) is 5.02 Å². The summed E-state index contributed by atoms with van der Waals surface area (Å²) in [6, 6.07) is 5.94. The Balaban J connectivity index is 1.81. The number of carbonyl (C=O) groups excluding carboxylic acids is 1. The number of fused-ring (bicyclic) bond motifs is 1. The number of esters is 1. The van der Waals surface area contributed by atoms with Crippen molar-refractivity contribution in [3.8, 4) is 0 Å². The van der Waals surface area contributed by atoms with Crippen LogP contribution in [0.15, 0.2) is 41.7 Å². The molecule has 0 bridgehead atoms. The minimum absolute atomic E-state index is 0.0532. The van der Waals surface area contributed by atoms with E-state index in [0.29, 0.717) is 16.4 Å². The van der Waals surface area contributed by atoms with Gasteiger partial charge in [-0.1, -0.05) is 30.3 Å². The number of pyridine rings is 2. The normalized spacial score (nSPS) is 24.2. The fourth-order valence-electron chi connectivity index (χ4n) is 4.27. The lowest BCUT2D eigenvalue weighted by atomic mass is 9.73. The van der Waals surface area contributed by atoms with Crippen molar-refractivity contribution in [3.05, 3.63) is 58.9 Å². The molecule has 1 aromatic carbocycles. The van der Waals surface area contributed by atoms with Crippen LogP contribution in [-0.4, -0.2) is 32.5 Å². The first-order valence-corrected chi connectivity index (χ1v) is 12.1. The van der Waals surface area contributed by atoms with Gasteiger partial charge in [0, 0.05) is 41.0 Å². The maximum absolute atomic E-state index is 15.3. The molecule has 0 aliphatic carbocycles. The second-order valence-corrected chi connectivity index (χ2v) is 10.5. The van der Waals surface area contributed by atoms with Crippen molar-refractivity contribution in [2.75, 3.05) is 11.9 Å². The SMILES string of the molecule is CCOC(=O)[C@@]1(C)SC(N)=N[C@](C)(c2cc(Nc3nccc4cc(Cl)cnc34)cc(F)c2F)[C@@H]1C. The molecule has 35 heavy (non-hydrogen) atoms. The quantitative estimate of drug-likeness (QED) is 0.426. The molecule has 0 saturated carbocycles. The molecule has 3 heterocycles. The topological polar surface area (TPSA) is 102 Å². The second kappa shape index (κ2) is 9.23. The van der Waals surface area contributed by atoms with Gasteiger partial charge in [-0.3, -0.25) is 14.8 Å². The predicted molar refractivity (Wildman–Crippen MR) is 135 cm³/mol. The Bertz CT molecular complexity index is 1360. The molecule has 1 aliphatic rings. The lowest BCUT2D eigenvalue weighted by Crippen LogP contribution is -2.53. The fraction of sp³-hybridized carbons (Fsp3) is 0.333. The van der Waals surface area contributed by atoms with Crippen molar-refractivity contribution in [2.45, 2.75) is 38.0 Å². The number of aromatic nitrogens is 2. The monoisotopic (exact) mass is 519 g/mol. The number of amidine groups is 1. The van der Waals surface area contributed by atoms with Crippen LogP contribution in [0.1, 0.15) is 33.3 Å². The number of nitrogens with one attached hydrogen (secondary N) is 1. The second-order valence-electron chi connectivity index (χ2n) is 8.58. The Labute approximate surface area is 210 Å². The first-order chi connectivity index (χ1) is 16.5. The molecular weight excluding hydrogens is 496 g/mol. The number of hydrogen-bond donors (Lipinski definition) is 2. The predicted octanol–water partition coefficient (Wildman–Crippen LogP) is 5.54. The largest absolute Gasteiger partial charge is 0.465 e. The van der Waals surface area contributed by atoms with Gasteiger partial charge < -0.3 is 15.8 Å². The third-order valence-corrected chi connectivity index (χ3v) is 7.86. The summed E-state index contributed by atoms with van der Waals surface area (Å²) in [5, 5.41) is 4.29. The number of carbonyl (C=O) groups is 1. The van der Waals surface area contributed by atoms with Crippen LogP contribution >= 0.6 is 23.4 Å². The maximum atomic E-state index is 15.3. The molecule has 7 nitrogen and oxygen atoms in total. The third-order valence-electron chi connectivity index (χ3n) is 6.41. The molecule has 0 saturated heterocycles. The smallest absolute Gasteiger partial charge is 0.322 e. The summed E-state index contributed by atoms with van der Waals surface area (Å²) in [5.41, 5.74) is 5.41. The van der Waals surface area contributed by atoms with Crippen molar-refractivity contribution in [3.63, 3.8) is 0 Å². The van der Waals surface area contributed by atoms with Crippen LogP contribution in [-0.2, 0) is 15.1 Å². The molecule has 3 atom stereocenters. The van der Waals surface area contributed by atoms with Gasteiger partial charge in [0.25, 0.3) is 0 Å². The molecule has 2 aromatic heterocycles. The number of rotatable bonds is 5. The number of thioether (sulfide) groups is 1. The standard InChI is InChI=1S/C24H24ClF2N5O2S/c1-5-34-21(33)24(4)12(2)23(3,32-22(28)35-24)16-9-15(10-17(26)18(16)27)31-20-19-13(6-7-29-20)8-14(25)11-30-19/h6-12H,5H2,1-4H3,(H2,28,32)(H,29,31)/t12-,23-,24-/m0/s1. The number of nitrogens with zero attached hydrogens (tertiary/aromatic N) is 3. The van der Waals surface area contributed by atoms with E-state index >= 15 is 4.39 Å². The number of benzene rings is 1. The summed E-state index contributed by atoms with van der Waals surface area (Å²) >= 11 is 7.08. The summed E-state index contributed by atoms with van der Waals surface area (Å²) < 4.78 is 34.3.